The van der Waals surface area contributed by atoms with E-state index in [9.17, 15) is 5.11 Å². The molecule has 0 aromatic heterocycles. The summed E-state index contributed by atoms with van der Waals surface area (Å²) >= 11 is 0. The van der Waals surface area contributed by atoms with Crippen molar-refractivity contribution >= 4 is 0 Å². The minimum atomic E-state index is -0.0677. The molecule has 0 aliphatic heterocycles. The molecule has 2 rings (SSSR count). The first-order chi connectivity index (χ1) is 9.60. The maximum absolute atomic E-state index is 10.7. The van der Waals surface area contributed by atoms with E-state index < -0.39 is 0 Å². The van der Waals surface area contributed by atoms with Crippen LogP contribution in [0, 0.1) is 0 Å². The van der Waals surface area contributed by atoms with Crippen LogP contribution < -0.4 is 0 Å². The molecule has 0 saturated heterocycles. The Bertz CT molecular complexity index is 640. The van der Waals surface area contributed by atoms with Gasteiger partial charge in [-0.2, -0.15) is 0 Å². The quantitative estimate of drug-likeness (QED) is 0.716. The molecule has 21 heavy (non-hydrogen) atoms. The van der Waals surface area contributed by atoms with E-state index in [-0.39, 0.29) is 10.8 Å². The Hall–Kier alpha value is -1.76. The number of hydrogen-bond donors (Lipinski definition) is 1. The molecule has 0 spiro atoms. The second kappa shape index (κ2) is 5.22. The third-order valence-corrected chi connectivity index (χ3v) is 3.88. The van der Waals surface area contributed by atoms with E-state index in [2.05, 4.69) is 65.8 Å². The molecule has 2 aromatic carbocycles. The van der Waals surface area contributed by atoms with Gasteiger partial charge >= 0.3 is 0 Å². The molecule has 0 unspecified atom stereocenters. The average molecular weight is 282 g/mol. The summed E-state index contributed by atoms with van der Waals surface area (Å²) in [5, 5.41) is 10.7. The van der Waals surface area contributed by atoms with Crippen LogP contribution in [-0.4, -0.2) is 5.11 Å². The van der Waals surface area contributed by atoms with Crippen molar-refractivity contribution in [3.8, 4) is 16.9 Å². The lowest BCUT2D eigenvalue weighted by Gasteiger charge is -2.23. The first-order valence-electron chi connectivity index (χ1n) is 7.54. The third kappa shape index (κ3) is 3.29. The monoisotopic (exact) mass is 282 g/mol. The fraction of sp³-hybridized carbons (Fsp3) is 0.400. The van der Waals surface area contributed by atoms with Gasteiger partial charge in [-0.1, -0.05) is 84.0 Å². The lowest BCUT2D eigenvalue weighted by atomic mass is 9.82. The molecule has 2 aromatic rings. The van der Waals surface area contributed by atoms with Crippen LogP contribution >= 0.6 is 0 Å². The highest BCUT2D eigenvalue weighted by Crippen LogP contribution is 2.39. The molecule has 0 aliphatic carbocycles. The smallest absolute Gasteiger partial charge is 0.127 e. The number of para-hydroxylation sites is 1. The Balaban J connectivity index is 2.58. The molecule has 112 valence electrons. The number of rotatable bonds is 1. The maximum Gasteiger partial charge on any atom is 0.127 e. The number of phenolic OH excluding ortho intramolecular Hbond substituents is 1. The number of aromatic hydroxyl groups is 1. The lowest BCUT2D eigenvalue weighted by molar-refractivity contribution is 0.448. The average Bonchev–Trinajstić information content (AvgIpc) is 2.37. The van der Waals surface area contributed by atoms with E-state index in [1.54, 1.807) is 0 Å². The molecule has 0 radical (unpaired) electrons. The summed E-state index contributed by atoms with van der Waals surface area (Å²) in [6.07, 6.45) is 0. The Morgan fingerprint density at radius 3 is 1.95 bits per heavy atom. The highest BCUT2D eigenvalue weighted by Gasteiger charge is 2.21. The van der Waals surface area contributed by atoms with Crippen molar-refractivity contribution in [2.45, 2.75) is 52.4 Å². The third-order valence-electron chi connectivity index (χ3n) is 3.88. The molecule has 0 heterocycles. The second-order valence-corrected chi connectivity index (χ2v) is 7.78. The first kappa shape index (κ1) is 15.6. The summed E-state index contributed by atoms with van der Waals surface area (Å²) in [5.74, 6) is 0.399. The number of hydrogen-bond acceptors (Lipinski definition) is 1. The van der Waals surface area contributed by atoms with Gasteiger partial charge in [-0.3, -0.25) is 0 Å². The summed E-state index contributed by atoms with van der Waals surface area (Å²) in [7, 11) is 0. The molecule has 0 saturated carbocycles. The van der Waals surface area contributed by atoms with E-state index in [4.69, 9.17) is 0 Å². The van der Waals surface area contributed by atoms with Crippen LogP contribution in [0.1, 0.15) is 52.7 Å². The minimum Gasteiger partial charge on any atom is -0.507 e. The van der Waals surface area contributed by atoms with Crippen molar-refractivity contribution < 1.29 is 5.11 Å². The highest BCUT2D eigenvalue weighted by atomic mass is 16.3. The van der Waals surface area contributed by atoms with Gasteiger partial charge in [-0.05, 0) is 27.5 Å². The summed E-state index contributed by atoms with van der Waals surface area (Å²) in [4.78, 5) is 0. The van der Waals surface area contributed by atoms with Crippen molar-refractivity contribution in [3.05, 3.63) is 53.6 Å². The molecule has 0 fully saturated rings. The van der Waals surface area contributed by atoms with E-state index in [0.29, 0.717) is 5.75 Å². The van der Waals surface area contributed by atoms with Gasteiger partial charge in [0.1, 0.15) is 5.75 Å². The number of benzene rings is 2. The Labute approximate surface area is 128 Å². The fourth-order valence-electron chi connectivity index (χ4n) is 2.53. The van der Waals surface area contributed by atoms with Crippen molar-refractivity contribution in [2.75, 3.05) is 0 Å². The maximum atomic E-state index is 10.7. The van der Waals surface area contributed by atoms with Crippen LogP contribution in [-0.2, 0) is 10.8 Å². The van der Waals surface area contributed by atoms with E-state index in [1.165, 1.54) is 5.56 Å². The fourth-order valence-corrected chi connectivity index (χ4v) is 2.53. The molecule has 0 bridgehead atoms. The summed E-state index contributed by atoms with van der Waals surface area (Å²) in [6, 6.07) is 14.5. The van der Waals surface area contributed by atoms with Crippen molar-refractivity contribution in [1.29, 1.82) is 0 Å². The van der Waals surface area contributed by atoms with Crippen molar-refractivity contribution in [2.24, 2.45) is 0 Å². The van der Waals surface area contributed by atoms with E-state index in [1.807, 2.05) is 18.2 Å². The minimum absolute atomic E-state index is 0.0677. The van der Waals surface area contributed by atoms with Gasteiger partial charge in [0.25, 0.3) is 0 Å². The second-order valence-electron chi connectivity index (χ2n) is 7.78. The van der Waals surface area contributed by atoms with E-state index in [0.717, 1.165) is 16.7 Å². The van der Waals surface area contributed by atoms with Crippen LogP contribution in [0.25, 0.3) is 11.1 Å². The normalized spacial score (nSPS) is 12.5. The highest BCUT2D eigenvalue weighted by molar-refractivity contribution is 5.73. The number of phenols is 1. The van der Waals surface area contributed by atoms with E-state index >= 15 is 0 Å². The lowest BCUT2D eigenvalue weighted by Crippen LogP contribution is -2.12. The van der Waals surface area contributed by atoms with Crippen LogP contribution in [0.4, 0.5) is 0 Å². The van der Waals surface area contributed by atoms with Crippen LogP contribution in [0.5, 0.6) is 5.75 Å². The zero-order valence-corrected chi connectivity index (χ0v) is 14.0. The summed E-state index contributed by atoms with van der Waals surface area (Å²) in [5.41, 5.74) is 4.29. The summed E-state index contributed by atoms with van der Waals surface area (Å²) < 4.78 is 0. The van der Waals surface area contributed by atoms with Gasteiger partial charge in [0, 0.05) is 5.56 Å². The Morgan fingerprint density at radius 1 is 0.762 bits per heavy atom. The zero-order valence-electron chi connectivity index (χ0n) is 14.0. The standard InChI is InChI=1S/C20H26O/c1-19(2,3)15-10-7-9-14(13-15)16-11-8-12-17(18(16)21)20(4,5)6/h7-13,21H,1-6H3. The molecular weight excluding hydrogens is 256 g/mol. The zero-order chi connectivity index (χ0) is 15.8. The van der Waals surface area contributed by atoms with Crippen molar-refractivity contribution in [1.82, 2.24) is 0 Å². The predicted octanol–water partition coefficient (Wildman–Crippen LogP) is 5.65. The Morgan fingerprint density at radius 2 is 1.38 bits per heavy atom. The largest absolute Gasteiger partial charge is 0.507 e. The molecular formula is C20H26O. The molecule has 1 N–H and O–H groups in total. The first-order valence-corrected chi connectivity index (χ1v) is 7.54. The van der Waals surface area contributed by atoms with Crippen LogP contribution in [0.2, 0.25) is 0 Å². The van der Waals surface area contributed by atoms with Gasteiger partial charge in [0.05, 0.1) is 0 Å². The predicted molar refractivity (Wildman–Crippen MR) is 90.9 cm³/mol. The summed E-state index contributed by atoms with van der Waals surface area (Å²) in [6.45, 7) is 13.0. The Kier molecular flexibility index (Phi) is 3.88. The molecule has 0 aliphatic rings. The van der Waals surface area contributed by atoms with Crippen LogP contribution in [0.15, 0.2) is 42.5 Å². The van der Waals surface area contributed by atoms with Crippen LogP contribution in [0.3, 0.4) is 0 Å². The molecule has 0 atom stereocenters. The topological polar surface area (TPSA) is 20.2 Å². The molecule has 1 nitrogen and oxygen atoms in total. The SMILES string of the molecule is CC(C)(C)c1cccc(-c2cccc(C(C)(C)C)c2O)c1. The van der Waals surface area contributed by atoms with Gasteiger partial charge in [-0.15, -0.1) is 0 Å². The molecule has 1 heteroatoms. The van der Waals surface area contributed by atoms with Gasteiger partial charge in [0.15, 0.2) is 0 Å². The van der Waals surface area contributed by atoms with Gasteiger partial charge in [-0.25, -0.2) is 0 Å². The van der Waals surface area contributed by atoms with Gasteiger partial charge in [0.2, 0.25) is 0 Å². The van der Waals surface area contributed by atoms with Gasteiger partial charge < -0.3 is 5.11 Å². The molecule has 0 amide bonds. The van der Waals surface area contributed by atoms with Crippen molar-refractivity contribution in [3.63, 3.8) is 0 Å².